The van der Waals surface area contributed by atoms with Crippen molar-refractivity contribution in [3.05, 3.63) is 79.0 Å². The molecule has 0 saturated carbocycles. The fourth-order valence-corrected chi connectivity index (χ4v) is 2.93. The molecule has 118 valence electrons. The highest BCUT2D eigenvalue weighted by molar-refractivity contribution is 5.93. The van der Waals surface area contributed by atoms with Crippen molar-refractivity contribution in [1.29, 1.82) is 0 Å². The lowest BCUT2D eigenvalue weighted by Crippen LogP contribution is -1.99. The van der Waals surface area contributed by atoms with Crippen LogP contribution in [0.25, 0.3) is 39.5 Å². The summed E-state index contributed by atoms with van der Waals surface area (Å²) in [6.07, 6.45) is 1.75. The molecule has 3 aromatic heterocycles. The molecule has 5 aromatic rings. The van der Waals surface area contributed by atoms with Crippen LogP contribution in [0.3, 0.4) is 0 Å². The molecule has 5 nitrogen and oxygen atoms in total. The second-order valence-electron chi connectivity index (χ2n) is 5.70. The number of rotatable bonds is 2. The Kier molecular flexibility index (Phi) is 3.03. The Hall–Kier alpha value is -3.60. The van der Waals surface area contributed by atoms with Gasteiger partial charge in [-0.3, -0.25) is 4.98 Å². The molecule has 0 N–H and O–H groups in total. The Labute approximate surface area is 143 Å². The summed E-state index contributed by atoms with van der Waals surface area (Å²) >= 11 is 0. The Morgan fingerprint density at radius 1 is 0.720 bits per heavy atom. The first kappa shape index (κ1) is 13.8. The van der Waals surface area contributed by atoms with Crippen molar-refractivity contribution in [1.82, 2.24) is 24.6 Å². The first-order valence-electron chi connectivity index (χ1n) is 8.02. The highest BCUT2D eigenvalue weighted by Gasteiger charge is 2.15. The van der Waals surface area contributed by atoms with Crippen LogP contribution in [-0.2, 0) is 0 Å². The van der Waals surface area contributed by atoms with Crippen molar-refractivity contribution >= 4 is 16.6 Å². The van der Waals surface area contributed by atoms with E-state index in [-0.39, 0.29) is 0 Å². The van der Waals surface area contributed by atoms with E-state index in [0.29, 0.717) is 5.82 Å². The van der Waals surface area contributed by atoms with E-state index < -0.39 is 0 Å². The fourth-order valence-electron chi connectivity index (χ4n) is 2.93. The van der Waals surface area contributed by atoms with Gasteiger partial charge in [0.05, 0.1) is 5.52 Å². The van der Waals surface area contributed by atoms with Crippen LogP contribution in [0.1, 0.15) is 0 Å². The van der Waals surface area contributed by atoms with E-state index >= 15 is 0 Å². The zero-order valence-corrected chi connectivity index (χ0v) is 13.2. The molecule has 0 spiro atoms. The number of aromatic nitrogens is 5. The van der Waals surface area contributed by atoms with Gasteiger partial charge in [-0.2, -0.15) is 4.52 Å². The normalized spacial score (nSPS) is 11.2. The molecule has 25 heavy (non-hydrogen) atoms. The average Bonchev–Trinajstić information content (AvgIpc) is 3.14. The number of nitrogens with zero attached hydrogens (tertiary/aromatic N) is 5. The largest absolute Gasteiger partial charge is 0.253 e. The zero-order valence-electron chi connectivity index (χ0n) is 13.2. The van der Waals surface area contributed by atoms with Crippen molar-refractivity contribution in [2.75, 3.05) is 0 Å². The minimum atomic E-state index is 0.593. The van der Waals surface area contributed by atoms with Crippen molar-refractivity contribution in [2.24, 2.45) is 0 Å². The van der Waals surface area contributed by atoms with Crippen LogP contribution in [0.4, 0.5) is 0 Å². The molecule has 0 bridgehead atoms. The second-order valence-corrected chi connectivity index (χ2v) is 5.70. The van der Waals surface area contributed by atoms with E-state index in [0.717, 1.165) is 33.6 Å². The monoisotopic (exact) mass is 323 g/mol. The van der Waals surface area contributed by atoms with Crippen LogP contribution < -0.4 is 0 Å². The van der Waals surface area contributed by atoms with Crippen LogP contribution >= 0.6 is 0 Å². The molecule has 5 heteroatoms. The molecule has 0 amide bonds. The third-order valence-corrected chi connectivity index (χ3v) is 4.11. The summed E-state index contributed by atoms with van der Waals surface area (Å²) in [4.78, 5) is 13.9. The number of para-hydroxylation sites is 1. The van der Waals surface area contributed by atoms with Gasteiger partial charge >= 0.3 is 0 Å². The summed E-state index contributed by atoms with van der Waals surface area (Å²) in [7, 11) is 0. The minimum absolute atomic E-state index is 0.593. The molecule has 2 aromatic carbocycles. The summed E-state index contributed by atoms with van der Waals surface area (Å²) in [6.45, 7) is 0. The van der Waals surface area contributed by atoms with Crippen molar-refractivity contribution in [3.8, 4) is 22.9 Å². The van der Waals surface area contributed by atoms with Gasteiger partial charge in [0.1, 0.15) is 5.69 Å². The van der Waals surface area contributed by atoms with Crippen LogP contribution in [0.5, 0.6) is 0 Å². The van der Waals surface area contributed by atoms with Crippen LogP contribution in [-0.4, -0.2) is 24.6 Å². The molecular formula is C20H13N5. The summed E-state index contributed by atoms with van der Waals surface area (Å²) in [5.74, 6) is 1.36. The van der Waals surface area contributed by atoms with Gasteiger partial charge in [0, 0.05) is 17.1 Å². The van der Waals surface area contributed by atoms with Crippen LogP contribution in [0, 0.1) is 0 Å². The third-order valence-electron chi connectivity index (χ3n) is 4.11. The van der Waals surface area contributed by atoms with Gasteiger partial charge in [-0.05, 0) is 24.3 Å². The number of benzene rings is 2. The lowest BCUT2D eigenvalue weighted by Gasteiger charge is -2.06. The molecule has 0 radical (unpaired) electrons. The molecule has 0 aliphatic carbocycles. The van der Waals surface area contributed by atoms with Gasteiger partial charge in [-0.15, -0.1) is 5.10 Å². The average molecular weight is 323 g/mol. The first-order chi connectivity index (χ1) is 12.4. The standard InChI is InChI=1S/C20H13N5/c1-2-8-14(9-3-1)19-22-16-11-5-4-10-15(16)20-23-18(24-25(19)20)17-12-6-7-13-21-17/h1-13H. The predicted molar refractivity (Wildman–Crippen MR) is 97.0 cm³/mol. The smallest absolute Gasteiger partial charge is 0.200 e. The molecule has 0 atom stereocenters. The maximum absolute atomic E-state index is 4.82. The van der Waals surface area contributed by atoms with Crippen molar-refractivity contribution in [3.63, 3.8) is 0 Å². The Morgan fingerprint density at radius 2 is 1.52 bits per heavy atom. The lowest BCUT2D eigenvalue weighted by molar-refractivity contribution is 0.946. The summed E-state index contributed by atoms with van der Waals surface area (Å²) < 4.78 is 1.81. The van der Waals surface area contributed by atoms with Crippen LogP contribution in [0.15, 0.2) is 79.0 Å². The zero-order chi connectivity index (χ0) is 16.6. The fraction of sp³-hybridized carbons (Fsp3) is 0. The van der Waals surface area contributed by atoms with Gasteiger partial charge in [-0.25, -0.2) is 9.97 Å². The predicted octanol–water partition coefficient (Wildman–Crippen LogP) is 4.01. The third kappa shape index (κ3) is 2.25. The summed E-state index contributed by atoms with van der Waals surface area (Å²) in [6, 6.07) is 23.7. The van der Waals surface area contributed by atoms with E-state index in [1.807, 2.05) is 77.3 Å². The topological polar surface area (TPSA) is 56.0 Å². The quantitative estimate of drug-likeness (QED) is 0.492. The number of hydrogen-bond acceptors (Lipinski definition) is 4. The molecule has 3 heterocycles. The number of hydrogen-bond donors (Lipinski definition) is 0. The van der Waals surface area contributed by atoms with Crippen molar-refractivity contribution in [2.45, 2.75) is 0 Å². The van der Waals surface area contributed by atoms with E-state index in [2.05, 4.69) is 10.1 Å². The Morgan fingerprint density at radius 3 is 2.36 bits per heavy atom. The highest BCUT2D eigenvalue weighted by atomic mass is 15.3. The molecule has 5 rings (SSSR count). The first-order valence-corrected chi connectivity index (χ1v) is 8.02. The summed E-state index contributed by atoms with van der Waals surface area (Å²) in [5.41, 5.74) is 3.42. The maximum atomic E-state index is 4.82. The van der Waals surface area contributed by atoms with Crippen LogP contribution in [0.2, 0.25) is 0 Å². The molecule has 0 unspecified atom stereocenters. The maximum Gasteiger partial charge on any atom is 0.200 e. The van der Waals surface area contributed by atoms with Gasteiger partial charge in [0.2, 0.25) is 5.82 Å². The van der Waals surface area contributed by atoms with E-state index in [1.54, 1.807) is 6.20 Å². The van der Waals surface area contributed by atoms with E-state index in [9.17, 15) is 0 Å². The molecule has 0 saturated heterocycles. The van der Waals surface area contributed by atoms with Crippen molar-refractivity contribution < 1.29 is 0 Å². The SMILES string of the molecule is c1ccc(-c2nc3ccccc3c3nc(-c4ccccn4)nn23)cc1. The minimum Gasteiger partial charge on any atom is -0.253 e. The Balaban J connectivity index is 1.88. The molecule has 0 aliphatic rings. The molecule has 0 fully saturated rings. The highest BCUT2D eigenvalue weighted by Crippen LogP contribution is 2.26. The number of pyridine rings is 1. The Bertz CT molecular complexity index is 1180. The van der Waals surface area contributed by atoms with E-state index in [1.165, 1.54) is 0 Å². The van der Waals surface area contributed by atoms with Gasteiger partial charge in [0.25, 0.3) is 0 Å². The lowest BCUT2D eigenvalue weighted by atomic mass is 10.2. The van der Waals surface area contributed by atoms with Gasteiger partial charge in [0.15, 0.2) is 11.5 Å². The number of fused-ring (bicyclic) bond motifs is 3. The van der Waals surface area contributed by atoms with E-state index in [4.69, 9.17) is 9.97 Å². The summed E-state index contributed by atoms with van der Waals surface area (Å²) in [5, 5.41) is 5.66. The molecular weight excluding hydrogens is 310 g/mol. The van der Waals surface area contributed by atoms with Gasteiger partial charge in [-0.1, -0.05) is 48.5 Å². The second kappa shape index (κ2) is 5.49. The van der Waals surface area contributed by atoms with Gasteiger partial charge < -0.3 is 0 Å². The molecule has 0 aliphatic heterocycles.